The van der Waals surface area contributed by atoms with Gasteiger partial charge in [0, 0.05) is 10.4 Å². The second-order valence-electron chi connectivity index (χ2n) is 4.38. The Morgan fingerprint density at radius 2 is 2.00 bits per heavy atom. The zero-order valence-corrected chi connectivity index (χ0v) is 10.4. The molecule has 0 spiro atoms. The van der Waals surface area contributed by atoms with Crippen LogP contribution in [-0.2, 0) is 5.41 Å². The molecule has 0 saturated heterocycles. The molecule has 14 heavy (non-hydrogen) atoms. The Bertz CT molecular complexity index is 303. The SMILES string of the molecule is CC(Cl)CC(C)(C)c1cccc(Cl)c1. The summed E-state index contributed by atoms with van der Waals surface area (Å²) in [6.45, 7) is 6.41. The molecular weight excluding hydrogens is 215 g/mol. The first-order valence-corrected chi connectivity index (χ1v) is 5.63. The topological polar surface area (TPSA) is 0 Å². The molecule has 1 unspecified atom stereocenters. The molecule has 1 atom stereocenters. The molecule has 2 heteroatoms. The summed E-state index contributed by atoms with van der Waals surface area (Å²) >= 11 is 12.0. The van der Waals surface area contributed by atoms with Crippen LogP contribution in [0, 0.1) is 0 Å². The van der Waals surface area contributed by atoms with Crippen molar-refractivity contribution in [1.29, 1.82) is 0 Å². The van der Waals surface area contributed by atoms with Gasteiger partial charge in [0.2, 0.25) is 0 Å². The average Bonchev–Trinajstić information content (AvgIpc) is 2.01. The number of halogens is 2. The van der Waals surface area contributed by atoms with E-state index >= 15 is 0 Å². The lowest BCUT2D eigenvalue weighted by Crippen LogP contribution is -2.20. The fourth-order valence-electron chi connectivity index (χ4n) is 1.73. The maximum atomic E-state index is 6.02. The van der Waals surface area contributed by atoms with Crippen LogP contribution in [0.4, 0.5) is 0 Å². The number of benzene rings is 1. The molecular formula is C12H16Cl2. The lowest BCUT2D eigenvalue weighted by molar-refractivity contribution is 0.477. The van der Waals surface area contributed by atoms with Crippen molar-refractivity contribution in [3.63, 3.8) is 0 Å². The van der Waals surface area contributed by atoms with Crippen LogP contribution in [0.2, 0.25) is 5.02 Å². The highest BCUT2D eigenvalue weighted by atomic mass is 35.5. The lowest BCUT2D eigenvalue weighted by atomic mass is 9.81. The maximum absolute atomic E-state index is 6.02. The second-order valence-corrected chi connectivity index (χ2v) is 5.56. The van der Waals surface area contributed by atoms with Gasteiger partial charge in [0.25, 0.3) is 0 Å². The summed E-state index contributed by atoms with van der Waals surface area (Å²) in [4.78, 5) is 0. The largest absolute Gasteiger partial charge is 0.123 e. The highest BCUT2D eigenvalue weighted by Crippen LogP contribution is 2.31. The Morgan fingerprint density at radius 3 is 2.50 bits per heavy atom. The highest BCUT2D eigenvalue weighted by Gasteiger charge is 2.22. The van der Waals surface area contributed by atoms with Crippen molar-refractivity contribution in [1.82, 2.24) is 0 Å². The molecule has 78 valence electrons. The number of hydrogen-bond acceptors (Lipinski definition) is 0. The summed E-state index contributed by atoms with van der Waals surface area (Å²) < 4.78 is 0. The molecule has 0 aliphatic carbocycles. The van der Waals surface area contributed by atoms with Gasteiger partial charge in [-0.05, 0) is 36.5 Å². The van der Waals surface area contributed by atoms with E-state index < -0.39 is 0 Å². The van der Waals surface area contributed by atoms with Crippen molar-refractivity contribution >= 4 is 23.2 Å². The summed E-state index contributed by atoms with van der Waals surface area (Å²) in [7, 11) is 0. The van der Waals surface area contributed by atoms with E-state index in [0.717, 1.165) is 11.4 Å². The van der Waals surface area contributed by atoms with Crippen LogP contribution in [0.3, 0.4) is 0 Å². The molecule has 1 aromatic carbocycles. The molecule has 0 aliphatic heterocycles. The molecule has 0 saturated carbocycles. The van der Waals surface area contributed by atoms with Gasteiger partial charge in [-0.3, -0.25) is 0 Å². The summed E-state index contributed by atoms with van der Waals surface area (Å²) in [6, 6.07) is 8.00. The quantitative estimate of drug-likeness (QED) is 0.665. The van der Waals surface area contributed by atoms with E-state index in [1.165, 1.54) is 5.56 Å². The normalized spacial score (nSPS) is 14.1. The number of alkyl halides is 1. The van der Waals surface area contributed by atoms with Crippen LogP contribution < -0.4 is 0 Å². The van der Waals surface area contributed by atoms with Crippen LogP contribution in [0.25, 0.3) is 0 Å². The van der Waals surface area contributed by atoms with Crippen molar-refractivity contribution in [3.8, 4) is 0 Å². The number of hydrogen-bond donors (Lipinski definition) is 0. The predicted molar refractivity (Wildman–Crippen MR) is 64.4 cm³/mol. The first-order chi connectivity index (χ1) is 6.42. The zero-order chi connectivity index (χ0) is 10.8. The molecule has 0 heterocycles. The van der Waals surface area contributed by atoms with E-state index in [0.29, 0.717) is 0 Å². The summed E-state index contributed by atoms with van der Waals surface area (Å²) in [5.74, 6) is 0. The van der Waals surface area contributed by atoms with Crippen LogP contribution in [0.15, 0.2) is 24.3 Å². The van der Waals surface area contributed by atoms with E-state index in [1.54, 1.807) is 0 Å². The van der Waals surface area contributed by atoms with E-state index in [9.17, 15) is 0 Å². The Hall–Kier alpha value is -0.200. The van der Waals surface area contributed by atoms with Gasteiger partial charge < -0.3 is 0 Å². The highest BCUT2D eigenvalue weighted by molar-refractivity contribution is 6.30. The van der Waals surface area contributed by atoms with Crippen LogP contribution in [0.1, 0.15) is 32.8 Å². The Labute approximate surface area is 96.2 Å². The minimum Gasteiger partial charge on any atom is -0.123 e. The smallest absolute Gasteiger partial charge is 0.0408 e. The van der Waals surface area contributed by atoms with Gasteiger partial charge in [-0.15, -0.1) is 11.6 Å². The van der Waals surface area contributed by atoms with Gasteiger partial charge in [0.15, 0.2) is 0 Å². The van der Waals surface area contributed by atoms with Gasteiger partial charge in [-0.1, -0.05) is 37.6 Å². The van der Waals surface area contributed by atoms with Crippen molar-refractivity contribution < 1.29 is 0 Å². The minimum absolute atomic E-state index is 0.0894. The minimum atomic E-state index is 0.0894. The molecule has 1 aromatic rings. The van der Waals surface area contributed by atoms with Gasteiger partial charge >= 0.3 is 0 Å². The molecule has 0 amide bonds. The molecule has 0 nitrogen and oxygen atoms in total. The average molecular weight is 231 g/mol. The molecule has 0 aliphatic rings. The Morgan fingerprint density at radius 1 is 1.36 bits per heavy atom. The van der Waals surface area contributed by atoms with Crippen molar-refractivity contribution in [2.75, 3.05) is 0 Å². The van der Waals surface area contributed by atoms with E-state index in [1.807, 2.05) is 25.1 Å². The van der Waals surface area contributed by atoms with Crippen LogP contribution in [0.5, 0.6) is 0 Å². The lowest BCUT2D eigenvalue weighted by Gasteiger charge is -2.26. The molecule has 1 rings (SSSR count). The van der Waals surface area contributed by atoms with Gasteiger partial charge in [-0.2, -0.15) is 0 Å². The zero-order valence-electron chi connectivity index (χ0n) is 8.85. The second kappa shape index (κ2) is 4.55. The third-order valence-electron chi connectivity index (χ3n) is 2.40. The first-order valence-electron chi connectivity index (χ1n) is 4.82. The predicted octanol–water partition coefficient (Wildman–Crippen LogP) is 4.64. The summed E-state index contributed by atoms with van der Waals surface area (Å²) in [6.07, 6.45) is 0.953. The summed E-state index contributed by atoms with van der Waals surface area (Å²) in [5, 5.41) is 0.974. The molecule has 0 aromatic heterocycles. The molecule has 0 N–H and O–H groups in total. The van der Waals surface area contributed by atoms with Crippen molar-refractivity contribution in [3.05, 3.63) is 34.9 Å². The van der Waals surface area contributed by atoms with E-state index in [-0.39, 0.29) is 10.8 Å². The number of rotatable bonds is 3. The van der Waals surface area contributed by atoms with Crippen molar-refractivity contribution in [2.24, 2.45) is 0 Å². The monoisotopic (exact) mass is 230 g/mol. The van der Waals surface area contributed by atoms with Crippen LogP contribution >= 0.6 is 23.2 Å². The summed E-state index contributed by atoms with van der Waals surface area (Å²) in [5.41, 5.74) is 1.34. The Balaban J connectivity index is 2.91. The fourth-order valence-corrected chi connectivity index (χ4v) is 2.31. The Kier molecular flexibility index (Phi) is 3.86. The van der Waals surface area contributed by atoms with Gasteiger partial charge in [-0.25, -0.2) is 0 Å². The molecule has 0 bridgehead atoms. The standard InChI is InChI=1S/C12H16Cl2/c1-9(13)8-12(2,3)10-5-4-6-11(14)7-10/h4-7,9H,8H2,1-3H3. The maximum Gasteiger partial charge on any atom is 0.0408 e. The van der Waals surface area contributed by atoms with E-state index in [4.69, 9.17) is 23.2 Å². The fraction of sp³-hybridized carbons (Fsp3) is 0.500. The third kappa shape index (κ3) is 3.18. The molecule has 0 radical (unpaired) electrons. The molecule has 0 fully saturated rings. The van der Waals surface area contributed by atoms with Gasteiger partial charge in [0.05, 0.1) is 0 Å². The third-order valence-corrected chi connectivity index (χ3v) is 2.79. The first kappa shape index (κ1) is 11.9. The van der Waals surface area contributed by atoms with Gasteiger partial charge in [0.1, 0.15) is 0 Å². The van der Waals surface area contributed by atoms with E-state index in [2.05, 4.69) is 19.9 Å². The van der Waals surface area contributed by atoms with Crippen LogP contribution in [-0.4, -0.2) is 5.38 Å². The van der Waals surface area contributed by atoms with Crippen molar-refractivity contribution in [2.45, 2.75) is 38.0 Å².